The first kappa shape index (κ1) is 11.1. The summed E-state index contributed by atoms with van der Waals surface area (Å²) >= 11 is 0. The SMILES string of the molecule is O=c1[nH]cc(CNC2CCOCC2)c(=O)[nH]1. The molecule has 0 saturated carbocycles. The Kier molecular flexibility index (Phi) is 3.53. The van der Waals surface area contributed by atoms with E-state index in [4.69, 9.17) is 4.74 Å². The van der Waals surface area contributed by atoms with E-state index in [0.29, 0.717) is 18.2 Å². The number of nitrogens with one attached hydrogen (secondary N) is 3. The Labute approximate surface area is 92.0 Å². The average Bonchev–Trinajstić information content (AvgIpc) is 2.29. The minimum absolute atomic E-state index is 0.330. The molecule has 0 aliphatic carbocycles. The molecule has 2 heterocycles. The van der Waals surface area contributed by atoms with Crippen LogP contribution in [-0.2, 0) is 11.3 Å². The molecule has 1 aliphatic rings. The molecule has 0 unspecified atom stereocenters. The van der Waals surface area contributed by atoms with Gasteiger partial charge in [0.1, 0.15) is 0 Å². The van der Waals surface area contributed by atoms with Gasteiger partial charge in [-0.3, -0.25) is 9.78 Å². The molecule has 3 N–H and O–H groups in total. The van der Waals surface area contributed by atoms with Gasteiger partial charge in [-0.25, -0.2) is 4.79 Å². The third kappa shape index (κ3) is 2.80. The van der Waals surface area contributed by atoms with E-state index in [9.17, 15) is 9.59 Å². The number of aromatic amines is 2. The van der Waals surface area contributed by atoms with Gasteiger partial charge in [-0.15, -0.1) is 0 Å². The fourth-order valence-corrected chi connectivity index (χ4v) is 1.72. The lowest BCUT2D eigenvalue weighted by molar-refractivity contribution is 0.0776. The Morgan fingerprint density at radius 1 is 1.38 bits per heavy atom. The number of hydrogen-bond donors (Lipinski definition) is 3. The van der Waals surface area contributed by atoms with Crippen molar-refractivity contribution < 1.29 is 4.74 Å². The number of rotatable bonds is 3. The van der Waals surface area contributed by atoms with Gasteiger partial charge in [0, 0.05) is 37.6 Å². The first-order valence-electron chi connectivity index (χ1n) is 5.38. The molecule has 1 aliphatic heterocycles. The molecular weight excluding hydrogens is 210 g/mol. The van der Waals surface area contributed by atoms with Crippen molar-refractivity contribution >= 4 is 0 Å². The number of aromatic nitrogens is 2. The molecule has 88 valence electrons. The summed E-state index contributed by atoms with van der Waals surface area (Å²) in [7, 11) is 0. The van der Waals surface area contributed by atoms with Crippen molar-refractivity contribution in [3.05, 3.63) is 32.6 Å². The molecule has 1 fully saturated rings. The molecule has 0 radical (unpaired) electrons. The van der Waals surface area contributed by atoms with Gasteiger partial charge in [0.05, 0.1) is 0 Å². The molecule has 1 saturated heterocycles. The zero-order valence-electron chi connectivity index (χ0n) is 8.91. The van der Waals surface area contributed by atoms with Crippen molar-refractivity contribution in [2.24, 2.45) is 0 Å². The maximum absolute atomic E-state index is 11.4. The van der Waals surface area contributed by atoms with Crippen LogP contribution in [0.5, 0.6) is 0 Å². The molecule has 16 heavy (non-hydrogen) atoms. The van der Waals surface area contributed by atoms with E-state index in [0.717, 1.165) is 26.1 Å². The molecule has 2 rings (SSSR count). The summed E-state index contributed by atoms with van der Waals surface area (Å²) in [5.41, 5.74) is -0.255. The van der Waals surface area contributed by atoms with Crippen LogP contribution in [0.15, 0.2) is 15.8 Å². The number of ether oxygens (including phenoxy) is 1. The Morgan fingerprint density at radius 3 is 2.81 bits per heavy atom. The van der Waals surface area contributed by atoms with Crippen LogP contribution in [0.1, 0.15) is 18.4 Å². The second kappa shape index (κ2) is 5.09. The smallest absolute Gasteiger partial charge is 0.325 e. The van der Waals surface area contributed by atoms with Gasteiger partial charge < -0.3 is 15.0 Å². The van der Waals surface area contributed by atoms with Crippen molar-refractivity contribution in [1.82, 2.24) is 15.3 Å². The largest absolute Gasteiger partial charge is 0.381 e. The third-order valence-corrected chi connectivity index (χ3v) is 2.70. The van der Waals surface area contributed by atoms with Crippen LogP contribution in [0.2, 0.25) is 0 Å². The van der Waals surface area contributed by atoms with Crippen LogP contribution >= 0.6 is 0 Å². The van der Waals surface area contributed by atoms with Crippen LogP contribution in [-0.4, -0.2) is 29.2 Å². The van der Waals surface area contributed by atoms with E-state index >= 15 is 0 Å². The predicted octanol–water partition coefficient (Wildman–Crippen LogP) is -0.668. The van der Waals surface area contributed by atoms with E-state index in [1.54, 1.807) is 0 Å². The van der Waals surface area contributed by atoms with Gasteiger partial charge in [0.2, 0.25) is 0 Å². The van der Waals surface area contributed by atoms with Gasteiger partial charge in [-0.1, -0.05) is 0 Å². The van der Waals surface area contributed by atoms with Crippen molar-refractivity contribution in [3.63, 3.8) is 0 Å². The lowest BCUT2D eigenvalue weighted by Gasteiger charge is -2.22. The zero-order valence-corrected chi connectivity index (χ0v) is 8.91. The van der Waals surface area contributed by atoms with Gasteiger partial charge in [0.25, 0.3) is 5.56 Å². The molecule has 0 amide bonds. The highest BCUT2D eigenvalue weighted by molar-refractivity contribution is 5.02. The number of hydrogen-bond acceptors (Lipinski definition) is 4. The second-order valence-corrected chi connectivity index (χ2v) is 3.86. The Balaban J connectivity index is 1.93. The lowest BCUT2D eigenvalue weighted by Crippen LogP contribution is -2.36. The van der Waals surface area contributed by atoms with E-state index in [1.165, 1.54) is 6.20 Å². The minimum atomic E-state index is -0.472. The normalized spacial score (nSPS) is 17.5. The molecule has 0 bridgehead atoms. The first-order chi connectivity index (χ1) is 7.75. The van der Waals surface area contributed by atoms with Crippen molar-refractivity contribution in [2.75, 3.05) is 13.2 Å². The molecule has 1 aromatic rings. The molecule has 0 spiro atoms. The first-order valence-corrected chi connectivity index (χ1v) is 5.38. The Bertz CT molecular complexity index is 445. The van der Waals surface area contributed by atoms with E-state index in [2.05, 4.69) is 15.3 Å². The minimum Gasteiger partial charge on any atom is -0.381 e. The molecule has 6 heteroatoms. The summed E-state index contributed by atoms with van der Waals surface area (Å²) in [4.78, 5) is 26.8. The van der Waals surface area contributed by atoms with Gasteiger partial charge in [0.15, 0.2) is 0 Å². The van der Waals surface area contributed by atoms with Gasteiger partial charge in [-0.2, -0.15) is 0 Å². The highest BCUT2D eigenvalue weighted by atomic mass is 16.5. The quantitative estimate of drug-likeness (QED) is 0.637. The van der Waals surface area contributed by atoms with Crippen molar-refractivity contribution in [1.29, 1.82) is 0 Å². The third-order valence-electron chi connectivity index (χ3n) is 2.70. The van der Waals surface area contributed by atoms with E-state index in [-0.39, 0.29) is 5.56 Å². The summed E-state index contributed by atoms with van der Waals surface area (Å²) in [5.74, 6) is 0. The Hall–Kier alpha value is -1.40. The standard InChI is InChI=1S/C10H15N3O3/c14-9-7(6-12-10(15)13-9)5-11-8-1-3-16-4-2-8/h6,8,11H,1-5H2,(H2,12,13,14,15). The van der Waals surface area contributed by atoms with Gasteiger partial charge in [-0.05, 0) is 12.8 Å². The second-order valence-electron chi connectivity index (χ2n) is 3.86. The average molecular weight is 225 g/mol. The fraction of sp³-hybridized carbons (Fsp3) is 0.600. The van der Waals surface area contributed by atoms with Crippen LogP contribution in [0.25, 0.3) is 0 Å². The molecule has 6 nitrogen and oxygen atoms in total. The lowest BCUT2D eigenvalue weighted by atomic mass is 10.1. The van der Waals surface area contributed by atoms with Gasteiger partial charge >= 0.3 is 5.69 Å². The number of H-pyrrole nitrogens is 2. The van der Waals surface area contributed by atoms with E-state index in [1.807, 2.05) is 0 Å². The molecule has 0 atom stereocenters. The summed E-state index contributed by atoms with van der Waals surface area (Å²) in [5, 5.41) is 3.28. The Morgan fingerprint density at radius 2 is 2.12 bits per heavy atom. The fourth-order valence-electron chi connectivity index (χ4n) is 1.72. The van der Waals surface area contributed by atoms with Crippen molar-refractivity contribution in [3.8, 4) is 0 Å². The zero-order chi connectivity index (χ0) is 11.4. The summed E-state index contributed by atoms with van der Waals surface area (Å²) < 4.78 is 5.24. The van der Waals surface area contributed by atoms with Crippen LogP contribution in [0.4, 0.5) is 0 Å². The molecular formula is C10H15N3O3. The van der Waals surface area contributed by atoms with Crippen LogP contribution < -0.4 is 16.6 Å². The van der Waals surface area contributed by atoms with E-state index < -0.39 is 5.69 Å². The summed E-state index contributed by atoms with van der Waals surface area (Å²) in [6.07, 6.45) is 3.37. The maximum atomic E-state index is 11.4. The van der Waals surface area contributed by atoms with Crippen LogP contribution in [0.3, 0.4) is 0 Å². The predicted molar refractivity (Wildman–Crippen MR) is 58.4 cm³/mol. The highest BCUT2D eigenvalue weighted by Crippen LogP contribution is 2.06. The van der Waals surface area contributed by atoms with Crippen LogP contribution in [0, 0.1) is 0 Å². The summed E-state index contributed by atoms with van der Waals surface area (Å²) in [6, 6.07) is 0.389. The van der Waals surface area contributed by atoms with Crippen molar-refractivity contribution in [2.45, 2.75) is 25.4 Å². The summed E-state index contributed by atoms with van der Waals surface area (Å²) in [6.45, 7) is 2.00. The molecule has 0 aromatic carbocycles. The monoisotopic (exact) mass is 225 g/mol. The molecule has 1 aromatic heterocycles. The maximum Gasteiger partial charge on any atom is 0.325 e. The topological polar surface area (TPSA) is 87.0 Å². The highest BCUT2D eigenvalue weighted by Gasteiger charge is 2.13.